The number of nitrogens with zero attached hydrogens (tertiary/aromatic N) is 1. The van der Waals surface area contributed by atoms with Crippen LogP contribution in [0, 0.1) is 0 Å². The van der Waals surface area contributed by atoms with Gasteiger partial charge in [-0.3, -0.25) is 4.79 Å². The molecule has 1 saturated heterocycles. The number of carbonyl (C=O) groups excluding carboxylic acids is 3. The topological polar surface area (TPSA) is 106 Å². The number of hydrogen-bond acceptors (Lipinski definition) is 7. The largest absolute Gasteiger partial charge is 0.453 e. The molecule has 0 saturated carbocycles. The van der Waals surface area contributed by atoms with Crippen LogP contribution in [0.4, 0.5) is 15.3 Å². The summed E-state index contributed by atoms with van der Waals surface area (Å²) >= 11 is 7.73. The third-order valence-corrected chi connectivity index (χ3v) is 9.93. The van der Waals surface area contributed by atoms with E-state index in [0.29, 0.717) is 42.4 Å². The second-order valence-corrected chi connectivity index (χ2v) is 15.2. The van der Waals surface area contributed by atoms with Crippen molar-refractivity contribution < 1.29 is 28.6 Å². The van der Waals surface area contributed by atoms with Gasteiger partial charge in [0.25, 0.3) is 0 Å². The van der Waals surface area contributed by atoms with Crippen molar-refractivity contribution in [3.63, 3.8) is 0 Å². The van der Waals surface area contributed by atoms with Gasteiger partial charge in [0.05, 0.1) is 32.4 Å². The summed E-state index contributed by atoms with van der Waals surface area (Å²) in [4.78, 5) is 42.9. The van der Waals surface area contributed by atoms with Crippen LogP contribution in [0.2, 0.25) is 5.02 Å². The minimum absolute atomic E-state index is 0.222. The molecule has 2 N–H and O–H groups in total. The first-order chi connectivity index (χ1) is 25.0. The highest BCUT2D eigenvalue weighted by Crippen LogP contribution is 2.31. The van der Waals surface area contributed by atoms with Crippen molar-refractivity contribution in [1.29, 1.82) is 0 Å². The van der Waals surface area contributed by atoms with Gasteiger partial charge in [-0.15, -0.1) is 11.8 Å². The van der Waals surface area contributed by atoms with Gasteiger partial charge in [-0.05, 0) is 80.6 Å². The lowest BCUT2D eigenvalue weighted by atomic mass is 9.84. The lowest BCUT2D eigenvalue weighted by Gasteiger charge is -2.38. The number of aryl methyl sites for hydroxylation is 1. The quantitative estimate of drug-likeness (QED) is 0.140. The molecular weight excluding hydrogens is 698 g/mol. The maximum Gasteiger partial charge on any atom is 0.410 e. The van der Waals surface area contributed by atoms with E-state index in [-0.39, 0.29) is 24.2 Å². The van der Waals surface area contributed by atoms with E-state index >= 15 is 0 Å². The first-order valence-corrected chi connectivity index (χ1v) is 18.7. The highest BCUT2D eigenvalue weighted by atomic mass is 35.5. The zero-order chi connectivity index (χ0) is 37.1. The van der Waals surface area contributed by atoms with E-state index < -0.39 is 23.7 Å². The molecule has 3 atom stereocenters. The van der Waals surface area contributed by atoms with Gasteiger partial charge < -0.3 is 29.7 Å². The number of para-hydroxylation sites is 1. The van der Waals surface area contributed by atoms with Gasteiger partial charge in [0.15, 0.2) is 0 Å². The number of rotatable bonds is 12. The van der Waals surface area contributed by atoms with Crippen molar-refractivity contribution in [2.24, 2.45) is 0 Å². The highest BCUT2D eigenvalue weighted by Gasteiger charge is 2.35. The van der Waals surface area contributed by atoms with Gasteiger partial charge in [0.2, 0.25) is 5.91 Å². The molecule has 0 aromatic heterocycles. The molecule has 4 aromatic carbocycles. The number of amides is 3. The smallest absolute Gasteiger partial charge is 0.410 e. The SMILES string of the molecule is COC(=O)N[C@H](C(=O)Nc1ccccc1CC[C@@H]1CN(C(=O)OC(C)(C)C)C[C@@H](CSc2ccc(Cl)cc2)O1)C(c1ccccc1)c1ccccc1. The summed E-state index contributed by atoms with van der Waals surface area (Å²) in [7, 11) is 1.28. The Kier molecular flexibility index (Phi) is 13.6. The van der Waals surface area contributed by atoms with Crippen LogP contribution in [0.25, 0.3) is 0 Å². The van der Waals surface area contributed by atoms with Crippen molar-refractivity contribution in [3.05, 3.63) is 131 Å². The predicted octanol–water partition coefficient (Wildman–Crippen LogP) is 8.56. The van der Waals surface area contributed by atoms with Crippen molar-refractivity contribution in [2.75, 3.05) is 31.3 Å². The van der Waals surface area contributed by atoms with Crippen molar-refractivity contribution in [1.82, 2.24) is 10.2 Å². The standard InChI is InChI=1S/C41H46ClN3O6S/c1-41(2,3)51-40(48)45-25-32(50-33(26-45)27-52-34-23-20-31(42)21-24-34)22-19-28-13-11-12-18-35(28)43-38(46)37(44-39(47)49-4)36(29-14-7-5-8-15-29)30-16-9-6-10-17-30/h5-18,20-21,23-24,32-33,36-37H,19,22,25-27H2,1-4H3,(H,43,46)(H,44,47)/t32-,33+,37+/m1/s1. The number of anilines is 1. The van der Waals surface area contributed by atoms with Crippen LogP contribution >= 0.6 is 23.4 Å². The molecule has 0 radical (unpaired) electrons. The molecule has 11 heteroatoms. The van der Waals surface area contributed by atoms with E-state index in [0.717, 1.165) is 21.6 Å². The third kappa shape index (κ3) is 11.2. The highest BCUT2D eigenvalue weighted by molar-refractivity contribution is 7.99. The minimum atomic E-state index is -0.992. The number of thioether (sulfide) groups is 1. The van der Waals surface area contributed by atoms with Crippen LogP contribution < -0.4 is 10.6 Å². The van der Waals surface area contributed by atoms with Gasteiger partial charge in [0, 0.05) is 27.3 Å². The molecule has 9 nitrogen and oxygen atoms in total. The first-order valence-electron chi connectivity index (χ1n) is 17.3. The number of morpholine rings is 1. The molecule has 4 aromatic rings. The lowest BCUT2D eigenvalue weighted by Crippen LogP contribution is -2.52. The Hall–Kier alpha value is -4.51. The first kappa shape index (κ1) is 38.7. The summed E-state index contributed by atoms with van der Waals surface area (Å²) in [5.41, 5.74) is 2.63. The molecular formula is C41H46ClN3O6S. The Bertz CT molecular complexity index is 1730. The minimum Gasteiger partial charge on any atom is -0.453 e. The summed E-state index contributed by atoms with van der Waals surface area (Å²) in [5.74, 6) is -0.242. The Morgan fingerprint density at radius 2 is 1.46 bits per heavy atom. The Labute approximate surface area is 315 Å². The molecule has 3 amide bonds. The molecule has 1 aliphatic rings. The lowest BCUT2D eigenvalue weighted by molar-refractivity contribution is -0.118. The van der Waals surface area contributed by atoms with Gasteiger partial charge in [0.1, 0.15) is 11.6 Å². The number of benzene rings is 4. The van der Waals surface area contributed by atoms with Gasteiger partial charge in [-0.1, -0.05) is 90.5 Å². The molecule has 0 spiro atoms. The fraction of sp³-hybridized carbons (Fsp3) is 0.341. The average Bonchev–Trinajstić information content (AvgIpc) is 3.14. The van der Waals surface area contributed by atoms with Gasteiger partial charge in [-0.25, -0.2) is 9.59 Å². The van der Waals surface area contributed by atoms with E-state index in [9.17, 15) is 14.4 Å². The number of halogens is 1. The zero-order valence-electron chi connectivity index (χ0n) is 29.9. The van der Waals surface area contributed by atoms with Crippen LogP contribution in [-0.4, -0.2) is 72.8 Å². The monoisotopic (exact) mass is 743 g/mol. The summed E-state index contributed by atoms with van der Waals surface area (Å²) < 4.78 is 17.3. The summed E-state index contributed by atoms with van der Waals surface area (Å²) in [6.45, 7) is 6.36. The van der Waals surface area contributed by atoms with E-state index in [1.807, 2.05) is 130 Å². The summed E-state index contributed by atoms with van der Waals surface area (Å²) in [6, 6.07) is 33.5. The number of alkyl carbamates (subject to hydrolysis) is 1. The molecule has 0 aliphatic carbocycles. The van der Waals surface area contributed by atoms with Crippen molar-refractivity contribution in [3.8, 4) is 0 Å². The molecule has 52 heavy (non-hydrogen) atoms. The molecule has 1 aliphatic heterocycles. The molecule has 274 valence electrons. The van der Waals surface area contributed by atoms with E-state index in [2.05, 4.69) is 10.6 Å². The molecule has 0 bridgehead atoms. The van der Waals surface area contributed by atoms with Crippen LogP contribution in [0.3, 0.4) is 0 Å². The number of hydrogen-bond donors (Lipinski definition) is 2. The summed E-state index contributed by atoms with van der Waals surface area (Å²) in [5, 5.41) is 6.58. The fourth-order valence-electron chi connectivity index (χ4n) is 6.14. The van der Waals surface area contributed by atoms with E-state index in [4.69, 9.17) is 25.8 Å². The molecule has 5 rings (SSSR count). The molecule has 0 unspecified atom stereocenters. The van der Waals surface area contributed by atoms with Gasteiger partial charge >= 0.3 is 12.2 Å². The van der Waals surface area contributed by atoms with Crippen LogP contribution in [0.5, 0.6) is 0 Å². The van der Waals surface area contributed by atoms with Crippen LogP contribution in [0.15, 0.2) is 114 Å². The van der Waals surface area contributed by atoms with Crippen LogP contribution in [0.1, 0.15) is 49.8 Å². The number of carbonyl (C=O) groups is 3. The number of methoxy groups -OCH3 is 1. The average molecular weight is 744 g/mol. The number of ether oxygens (including phenoxy) is 3. The van der Waals surface area contributed by atoms with Crippen molar-refractivity contribution in [2.45, 2.75) is 68.3 Å². The molecule has 1 fully saturated rings. The van der Waals surface area contributed by atoms with E-state index in [1.54, 1.807) is 16.7 Å². The maximum atomic E-state index is 14.2. The Morgan fingerprint density at radius 1 is 0.865 bits per heavy atom. The van der Waals surface area contributed by atoms with Gasteiger partial charge in [-0.2, -0.15) is 0 Å². The normalized spacial score (nSPS) is 16.5. The second-order valence-electron chi connectivity index (χ2n) is 13.6. The Balaban J connectivity index is 1.33. The predicted molar refractivity (Wildman–Crippen MR) is 206 cm³/mol. The van der Waals surface area contributed by atoms with Crippen LogP contribution in [-0.2, 0) is 25.4 Å². The Morgan fingerprint density at radius 3 is 2.08 bits per heavy atom. The van der Waals surface area contributed by atoms with E-state index in [1.165, 1.54) is 7.11 Å². The molecule has 1 heterocycles. The number of nitrogens with one attached hydrogen (secondary N) is 2. The third-order valence-electron chi connectivity index (χ3n) is 8.54. The fourth-order valence-corrected chi connectivity index (χ4v) is 7.16. The summed E-state index contributed by atoms with van der Waals surface area (Å²) in [6.07, 6.45) is -0.413. The second kappa shape index (κ2) is 18.3. The zero-order valence-corrected chi connectivity index (χ0v) is 31.5. The van der Waals surface area contributed by atoms with Crippen molar-refractivity contribution >= 4 is 47.1 Å². The maximum absolute atomic E-state index is 14.2.